The van der Waals surface area contributed by atoms with E-state index in [0.29, 0.717) is 0 Å². The fourth-order valence-corrected chi connectivity index (χ4v) is 6.04. The molecule has 0 spiro atoms. The van der Waals surface area contributed by atoms with Crippen molar-refractivity contribution in [2.75, 3.05) is 12.4 Å². The van der Waals surface area contributed by atoms with E-state index in [1.165, 1.54) is 4.31 Å². The van der Waals surface area contributed by atoms with Crippen molar-refractivity contribution in [3.63, 3.8) is 0 Å². The van der Waals surface area contributed by atoms with E-state index >= 15 is 0 Å². The average Bonchev–Trinajstić information content (AvgIpc) is 2.83. The quantitative estimate of drug-likeness (QED) is 0.675. The fraction of sp³-hybridized carbons (Fsp3) is 0.667. The molecule has 9 heteroatoms. The van der Waals surface area contributed by atoms with E-state index in [9.17, 15) is 18.5 Å². The highest BCUT2D eigenvalue weighted by atomic mass is 32.2. The van der Waals surface area contributed by atoms with Crippen LogP contribution in [0.4, 0.5) is 10.7 Å². The van der Waals surface area contributed by atoms with Crippen LogP contribution in [0.2, 0.25) is 0 Å². The zero-order valence-electron chi connectivity index (χ0n) is 12.2. The maximum absolute atomic E-state index is 12.8. The van der Waals surface area contributed by atoms with Crippen LogP contribution in [0, 0.1) is 10.1 Å². The molecule has 2 atom stereocenters. The Hall–Kier alpha value is -1.19. The molecule has 0 aliphatic carbocycles. The third kappa shape index (κ3) is 2.90. The Kier molecular flexibility index (Phi) is 4.54. The molecular weight excluding hydrogens is 314 g/mol. The molecule has 0 amide bonds. The largest absolute Gasteiger partial charge is 0.374 e. The number of nitrogens with one attached hydrogen (secondary N) is 1. The molecule has 2 heterocycles. The molecule has 2 rings (SSSR count). The fourth-order valence-electron chi connectivity index (χ4n) is 2.78. The van der Waals surface area contributed by atoms with E-state index < -0.39 is 14.9 Å². The molecule has 0 saturated carbocycles. The lowest BCUT2D eigenvalue weighted by Gasteiger charge is -2.37. The van der Waals surface area contributed by atoms with Gasteiger partial charge in [-0.15, -0.1) is 0 Å². The molecule has 21 heavy (non-hydrogen) atoms. The van der Waals surface area contributed by atoms with Gasteiger partial charge in [-0.25, -0.2) is 8.42 Å². The third-order valence-corrected chi connectivity index (χ3v) is 7.48. The lowest BCUT2D eigenvalue weighted by Crippen LogP contribution is -2.47. The van der Waals surface area contributed by atoms with Crippen LogP contribution in [0.3, 0.4) is 0 Å². The summed E-state index contributed by atoms with van der Waals surface area (Å²) in [4.78, 5) is 10.4. The smallest absolute Gasteiger partial charge is 0.304 e. The minimum atomic E-state index is -3.70. The molecule has 0 aromatic carbocycles. The second-order valence-corrected chi connectivity index (χ2v) is 8.37. The SMILES string of the molecule is CNc1sc(S(=O)(=O)N2C(C)CCCC2C)cc1[N+](=O)[O-]. The van der Waals surface area contributed by atoms with Crippen LogP contribution in [0.25, 0.3) is 0 Å². The van der Waals surface area contributed by atoms with E-state index in [0.717, 1.165) is 36.7 Å². The van der Waals surface area contributed by atoms with Gasteiger partial charge in [0.05, 0.1) is 4.92 Å². The number of nitrogens with zero attached hydrogens (tertiary/aromatic N) is 2. The zero-order valence-corrected chi connectivity index (χ0v) is 13.8. The topological polar surface area (TPSA) is 92.6 Å². The van der Waals surface area contributed by atoms with E-state index in [1.54, 1.807) is 7.05 Å². The average molecular weight is 333 g/mol. The second kappa shape index (κ2) is 5.90. The molecule has 1 fully saturated rings. The Morgan fingerprint density at radius 2 is 1.95 bits per heavy atom. The molecule has 118 valence electrons. The van der Waals surface area contributed by atoms with Crippen LogP contribution in [-0.2, 0) is 10.0 Å². The molecule has 1 aromatic heterocycles. The van der Waals surface area contributed by atoms with Gasteiger partial charge in [-0.2, -0.15) is 4.31 Å². The maximum Gasteiger partial charge on any atom is 0.304 e. The summed E-state index contributed by atoms with van der Waals surface area (Å²) in [5, 5.41) is 13.9. The molecule has 1 aromatic rings. The van der Waals surface area contributed by atoms with Crippen molar-refractivity contribution in [1.82, 2.24) is 4.31 Å². The number of rotatable bonds is 4. The third-order valence-electron chi connectivity index (χ3n) is 3.76. The Bertz CT molecular complexity index is 631. The minimum Gasteiger partial charge on any atom is -0.374 e. The van der Waals surface area contributed by atoms with Crippen molar-refractivity contribution < 1.29 is 13.3 Å². The molecule has 7 nitrogen and oxygen atoms in total. The van der Waals surface area contributed by atoms with Crippen LogP contribution < -0.4 is 5.32 Å². The predicted octanol–water partition coefficient (Wildman–Crippen LogP) is 2.65. The van der Waals surface area contributed by atoms with E-state index in [4.69, 9.17) is 0 Å². The van der Waals surface area contributed by atoms with Crippen LogP contribution >= 0.6 is 11.3 Å². The van der Waals surface area contributed by atoms with Crippen LogP contribution in [0.1, 0.15) is 33.1 Å². The van der Waals surface area contributed by atoms with Crippen molar-refractivity contribution in [2.45, 2.75) is 49.4 Å². The second-order valence-electron chi connectivity index (χ2n) is 5.25. The number of sulfonamides is 1. The number of nitro groups is 1. The van der Waals surface area contributed by atoms with E-state index in [2.05, 4.69) is 5.32 Å². The highest BCUT2D eigenvalue weighted by molar-refractivity contribution is 7.91. The summed E-state index contributed by atoms with van der Waals surface area (Å²) in [6, 6.07) is 0.982. The Morgan fingerprint density at radius 1 is 1.38 bits per heavy atom. The van der Waals surface area contributed by atoms with Crippen molar-refractivity contribution in [1.29, 1.82) is 0 Å². The number of piperidine rings is 1. The first-order chi connectivity index (χ1) is 9.78. The van der Waals surface area contributed by atoms with Crippen LogP contribution in [0.5, 0.6) is 0 Å². The van der Waals surface area contributed by atoms with Gasteiger partial charge in [-0.05, 0) is 26.7 Å². The highest BCUT2D eigenvalue weighted by Crippen LogP contribution is 2.40. The molecule has 2 unspecified atom stereocenters. The summed E-state index contributed by atoms with van der Waals surface area (Å²) in [7, 11) is -2.16. The predicted molar refractivity (Wildman–Crippen MR) is 82.3 cm³/mol. The number of hydrogen-bond donors (Lipinski definition) is 1. The maximum atomic E-state index is 12.8. The van der Waals surface area contributed by atoms with Gasteiger partial charge in [-0.1, -0.05) is 17.8 Å². The van der Waals surface area contributed by atoms with Crippen molar-refractivity contribution in [2.24, 2.45) is 0 Å². The lowest BCUT2D eigenvalue weighted by atomic mass is 10.0. The van der Waals surface area contributed by atoms with Crippen molar-refractivity contribution in [3.05, 3.63) is 16.2 Å². The first-order valence-corrected chi connectivity index (χ1v) is 9.04. The van der Waals surface area contributed by atoms with Crippen molar-refractivity contribution in [3.8, 4) is 0 Å². The molecule has 1 aliphatic heterocycles. The van der Waals surface area contributed by atoms with E-state index in [-0.39, 0.29) is 27.0 Å². The van der Waals surface area contributed by atoms with Gasteiger partial charge in [0.2, 0.25) is 0 Å². The first kappa shape index (κ1) is 16.2. The van der Waals surface area contributed by atoms with E-state index in [1.807, 2.05) is 13.8 Å². The monoisotopic (exact) mass is 333 g/mol. The first-order valence-electron chi connectivity index (χ1n) is 6.78. The van der Waals surface area contributed by atoms with Gasteiger partial charge in [0.15, 0.2) is 5.00 Å². The van der Waals surface area contributed by atoms with Gasteiger partial charge >= 0.3 is 5.69 Å². The minimum absolute atomic E-state index is 0.0270. The normalized spacial score (nSPS) is 24.0. The molecule has 1 N–H and O–H groups in total. The molecule has 0 radical (unpaired) electrons. The summed E-state index contributed by atoms with van der Waals surface area (Å²) in [6.45, 7) is 3.77. The Labute approximate surface area is 128 Å². The Balaban J connectivity index is 2.46. The number of anilines is 1. The summed E-state index contributed by atoms with van der Waals surface area (Å²) in [5.74, 6) is 0. The number of thiophene rings is 1. The zero-order chi connectivity index (χ0) is 15.8. The Morgan fingerprint density at radius 3 is 2.38 bits per heavy atom. The standard InChI is InChI=1S/C12H19N3O4S2/c1-8-5-4-6-9(2)14(8)21(18,19)11-7-10(15(16)17)12(13-3)20-11/h7-9,13H,4-6H2,1-3H3. The number of hydrogen-bond acceptors (Lipinski definition) is 6. The molecule has 1 aliphatic rings. The van der Waals surface area contributed by atoms with Crippen LogP contribution in [0.15, 0.2) is 10.3 Å². The van der Waals surface area contributed by atoms with Gasteiger partial charge in [-0.3, -0.25) is 10.1 Å². The van der Waals surface area contributed by atoms with Gasteiger partial charge in [0, 0.05) is 25.2 Å². The van der Waals surface area contributed by atoms with Gasteiger partial charge in [0.1, 0.15) is 4.21 Å². The van der Waals surface area contributed by atoms with Gasteiger partial charge in [0.25, 0.3) is 10.0 Å². The molecular formula is C12H19N3O4S2. The van der Waals surface area contributed by atoms with Gasteiger partial charge < -0.3 is 5.32 Å². The lowest BCUT2D eigenvalue weighted by molar-refractivity contribution is -0.383. The molecule has 1 saturated heterocycles. The summed E-state index contributed by atoms with van der Waals surface area (Å²) in [6.07, 6.45) is 2.63. The summed E-state index contributed by atoms with van der Waals surface area (Å²) >= 11 is 0.910. The summed E-state index contributed by atoms with van der Waals surface area (Å²) in [5.41, 5.74) is -0.196. The van der Waals surface area contributed by atoms with Crippen LogP contribution in [-0.4, -0.2) is 36.8 Å². The highest BCUT2D eigenvalue weighted by Gasteiger charge is 2.38. The summed E-state index contributed by atoms with van der Waals surface area (Å²) < 4.78 is 27.1. The molecule has 0 bridgehead atoms. The van der Waals surface area contributed by atoms with Crippen molar-refractivity contribution >= 4 is 32.0 Å².